The molecule has 1 aromatic rings. The Morgan fingerprint density at radius 3 is 2.48 bits per heavy atom. The second kappa shape index (κ2) is 6.81. The van der Waals surface area contributed by atoms with Crippen LogP contribution in [0.2, 0.25) is 0 Å². The van der Waals surface area contributed by atoms with E-state index in [-0.39, 0.29) is 18.2 Å². The van der Waals surface area contributed by atoms with E-state index in [4.69, 9.17) is 0 Å². The Labute approximate surface area is 122 Å². The average molecular weight is 319 g/mol. The first kappa shape index (κ1) is 17.3. The van der Waals surface area contributed by atoms with Crippen molar-refractivity contribution in [3.63, 3.8) is 0 Å². The van der Waals surface area contributed by atoms with Crippen molar-refractivity contribution in [1.82, 2.24) is 4.72 Å². The van der Waals surface area contributed by atoms with Gasteiger partial charge in [0.25, 0.3) is 5.69 Å². The van der Waals surface area contributed by atoms with Gasteiger partial charge in [-0.15, -0.1) is 0 Å². The number of rotatable bonds is 7. The van der Waals surface area contributed by atoms with E-state index in [1.54, 1.807) is 0 Å². The SMILES string of the molecule is CNc1cc([N+](=O)[O-])cc(F)c1S(=O)(=O)NCCC(C)C. The number of anilines is 1. The molecule has 7 nitrogen and oxygen atoms in total. The third-order valence-corrected chi connectivity index (χ3v) is 4.33. The van der Waals surface area contributed by atoms with Gasteiger partial charge in [-0.25, -0.2) is 17.5 Å². The third-order valence-electron chi connectivity index (χ3n) is 2.79. The number of nitro benzene ring substituents is 1. The predicted octanol–water partition coefficient (Wildman–Crippen LogP) is 2.10. The Morgan fingerprint density at radius 2 is 2.00 bits per heavy atom. The van der Waals surface area contributed by atoms with Crippen molar-refractivity contribution in [2.45, 2.75) is 25.2 Å². The highest BCUT2D eigenvalue weighted by Crippen LogP contribution is 2.29. The molecular weight excluding hydrogens is 301 g/mol. The molecule has 0 fully saturated rings. The van der Waals surface area contributed by atoms with Crippen LogP contribution in [-0.4, -0.2) is 26.9 Å². The summed E-state index contributed by atoms with van der Waals surface area (Å²) in [4.78, 5) is 9.28. The van der Waals surface area contributed by atoms with Gasteiger partial charge in [-0.05, 0) is 12.3 Å². The molecule has 0 aromatic heterocycles. The smallest absolute Gasteiger partial charge is 0.274 e. The van der Waals surface area contributed by atoms with Crippen LogP contribution in [0.5, 0.6) is 0 Å². The monoisotopic (exact) mass is 319 g/mol. The van der Waals surface area contributed by atoms with Crippen LogP contribution in [0.1, 0.15) is 20.3 Å². The molecule has 9 heteroatoms. The van der Waals surface area contributed by atoms with Crippen LogP contribution in [-0.2, 0) is 10.0 Å². The van der Waals surface area contributed by atoms with Gasteiger partial charge in [0.1, 0.15) is 4.90 Å². The minimum atomic E-state index is -4.08. The zero-order valence-electron chi connectivity index (χ0n) is 12.0. The van der Waals surface area contributed by atoms with Crippen molar-refractivity contribution in [2.24, 2.45) is 5.92 Å². The summed E-state index contributed by atoms with van der Waals surface area (Å²) in [5.74, 6) is -0.872. The van der Waals surface area contributed by atoms with Gasteiger partial charge in [0.05, 0.1) is 16.7 Å². The number of nitrogens with zero attached hydrogens (tertiary/aromatic N) is 1. The Kier molecular flexibility index (Phi) is 5.62. The number of hydrogen-bond donors (Lipinski definition) is 2. The molecule has 0 radical (unpaired) electrons. The lowest BCUT2D eigenvalue weighted by molar-refractivity contribution is -0.385. The van der Waals surface area contributed by atoms with E-state index < -0.39 is 31.3 Å². The van der Waals surface area contributed by atoms with Crippen LogP contribution in [0.25, 0.3) is 0 Å². The first-order valence-electron chi connectivity index (χ1n) is 6.34. The van der Waals surface area contributed by atoms with Crippen LogP contribution in [0.15, 0.2) is 17.0 Å². The molecule has 0 bridgehead atoms. The Hall–Kier alpha value is -1.74. The summed E-state index contributed by atoms with van der Waals surface area (Å²) < 4.78 is 40.5. The molecule has 21 heavy (non-hydrogen) atoms. The fourth-order valence-corrected chi connectivity index (χ4v) is 2.99. The van der Waals surface area contributed by atoms with Crippen molar-refractivity contribution in [3.05, 3.63) is 28.1 Å². The molecule has 0 saturated heterocycles. The molecule has 0 spiro atoms. The molecule has 2 N–H and O–H groups in total. The number of nitro groups is 1. The largest absolute Gasteiger partial charge is 0.387 e. The average Bonchev–Trinajstić information content (AvgIpc) is 2.36. The summed E-state index contributed by atoms with van der Waals surface area (Å²) in [6, 6.07) is 1.58. The number of nitrogens with one attached hydrogen (secondary N) is 2. The van der Waals surface area contributed by atoms with Gasteiger partial charge in [-0.2, -0.15) is 0 Å². The predicted molar refractivity (Wildman–Crippen MR) is 77.2 cm³/mol. The zero-order chi connectivity index (χ0) is 16.2. The molecule has 0 amide bonds. The highest BCUT2D eigenvalue weighted by atomic mass is 32.2. The number of halogens is 1. The summed E-state index contributed by atoms with van der Waals surface area (Å²) in [6.07, 6.45) is 0.600. The minimum absolute atomic E-state index is 0.154. The number of benzene rings is 1. The molecule has 0 unspecified atom stereocenters. The van der Waals surface area contributed by atoms with Gasteiger partial charge >= 0.3 is 0 Å². The van der Waals surface area contributed by atoms with Crippen LogP contribution >= 0.6 is 0 Å². The fourth-order valence-electron chi connectivity index (χ4n) is 1.70. The molecule has 1 aromatic carbocycles. The maximum Gasteiger partial charge on any atom is 0.274 e. The van der Waals surface area contributed by atoms with Gasteiger partial charge in [-0.1, -0.05) is 13.8 Å². The Balaban J connectivity index is 3.19. The lowest BCUT2D eigenvalue weighted by Gasteiger charge is -2.12. The number of sulfonamides is 1. The second-order valence-electron chi connectivity index (χ2n) is 4.89. The van der Waals surface area contributed by atoms with Gasteiger partial charge in [-0.3, -0.25) is 10.1 Å². The van der Waals surface area contributed by atoms with Crippen LogP contribution < -0.4 is 10.0 Å². The van der Waals surface area contributed by atoms with Crippen LogP contribution in [0.4, 0.5) is 15.8 Å². The van der Waals surface area contributed by atoms with E-state index in [1.807, 2.05) is 13.8 Å². The van der Waals surface area contributed by atoms with E-state index in [0.717, 1.165) is 6.07 Å². The maximum atomic E-state index is 14.0. The topological polar surface area (TPSA) is 101 Å². The van der Waals surface area contributed by atoms with Crippen molar-refractivity contribution in [3.8, 4) is 0 Å². The van der Waals surface area contributed by atoms with Crippen LogP contribution in [0, 0.1) is 21.8 Å². The molecule has 0 aliphatic rings. The summed E-state index contributed by atoms with van der Waals surface area (Å²) in [7, 11) is -2.72. The first-order valence-corrected chi connectivity index (χ1v) is 7.82. The highest BCUT2D eigenvalue weighted by Gasteiger charge is 2.26. The van der Waals surface area contributed by atoms with Crippen molar-refractivity contribution in [1.29, 1.82) is 0 Å². The summed E-state index contributed by atoms with van der Waals surface area (Å²) in [6.45, 7) is 4.03. The lowest BCUT2D eigenvalue weighted by atomic mass is 10.1. The van der Waals surface area contributed by atoms with E-state index in [0.29, 0.717) is 12.5 Å². The van der Waals surface area contributed by atoms with Gasteiger partial charge in [0.2, 0.25) is 10.0 Å². The third kappa shape index (κ3) is 4.36. The fraction of sp³-hybridized carbons (Fsp3) is 0.500. The quantitative estimate of drug-likeness (QED) is 0.592. The van der Waals surface area contributed by atoms with Crippen molar-refractivity contribution in [2.75, 3.05) is 18.9 Å². The molecule has 1 rings (SSSR count). The van der Waals surface area contributed by atoms with E-state index in [9.17, 15) is 22.9 Å². The summed E-state index contributed by atoms with van der Waals surface area (Å²) in [5.41, 5.74) is -0.670. The van der Waals surface area contributed by atoms with Crippen molar-refractivity contribution >= 4 is 21.4 Å². The van der Waals surface area contributed by atoms with E-state index in [1.165, 1.54) is 7.05 Å². The summed E-state index contributed by atoms with van der Waals surface area (Å²) >= 11 is 0. The molecule has 0 heterocycles. The molecule has 118 valence electrons. The molecular formula is C12H18FN3O4S. The van der Waals surface area contributed by atoms with Gasteiger partial charge in [0, 0.05) is 19.7 Å². The van der Waals surface area contributed by atoms with Crippen LogP contribution in [0.3, 0.4) is 0 Å². The minimum Gasteiger partial charge on any atom is -0.387 e. The highest BCUT2D eigenvalue weighted by molar-refractivity contribution is 7.89. The molecule has 0 atom stereocenters. The van der Waals surface area contributed by atoms with Crippen molar-refractivity contribution < 1.29 is 17.7 Å². The number of non-ortho nitro benzene ring substituents is 1. The second-order valence-corrected chi connectivity index (χ2v) is 6.60. The van der Waals surface area contributed by atoms with E-state index >= 15 is 0 Å². The first-order chi connectivity index (χ1) is 9.69. The Bertz CT molecular complexity index is 632. The van der Waals surface area contributed by atoms with Gasteiger partial charge in [0.15, 0.2) is 5.82 Å². The number of hydrogen-bond acceptors (Lipinski definition) is 5. The normalized spacial score (nSPS) is 11.7. The van der Waals surface area contributed by atoms with Gasteiger partial charge < -0.3 is 5.32 Å². The lowest BCUT2D eigenvalue weighted by Crippen LogP contribution is -2.27. The summed E-state index contributed by atoms with van der Waals surface area (Å²) in [5, 5.41) is 13.1. The maximum absolute atomic E-state index is 14.0. The van der Waals surface area contributed by atoms with E-state index in [2.05, 4.69) is 10.0 Å². The molecule has 0 saturated carbocycles. The standard InChI is InChI=1S/C12H18FN3O4S/c1-8(2)4-5-15-21(19,20)12-10(13)6-9(16(17)18)7-11(12)14-3/h6-8,14-15H,4-5H2,1-3H3. The molecule has 0 aliphatic heterocycles. The zero-order valence-corrected chi connectivity index (χ0v) is 12.8. The Morgan fingerprint density at radius 1 is 1.38 bits per heavy atom. The molecule has 0 aliphatic carbocycles.